The molecule has 0 radical (unpaired) electrons. The molecule has 0 aliphatic heterocycles. The summed E-state index contributed by atoms with van der Waals surface area (Å²) in [5.74, 6) is -0.694. The average Bonchev–Trinajstić information content (AvgIpc) is 2.40. The molecule has 0 spiro atoms. The van der Waals surface area contributed by atoms with Crippen molar-refractivity contribution in [2.24, 2.45) is 5.73 Å². The molecule has 106 valence electrons. The summed E-state index contributed by atoms with van der Waals surface area (Å²) >= 11 is 0. The number of methoxy groups -OCH3 is 1. The van der Waals surface area contributed by atoms with Crippen LogP contribution in [0.4, 0.5) is 10.1 Å². The molecular formula is C14H21FN2O2. The smallest absolute Gasteiger partial charge is 0.325 e. The molecule has 1 unspecified atom stereocenters. The molecule has 2 N–H and O–H groups in total. The summed E-state index contributed by atoms with van der Waals surface area (Å²) in [6, 6.07) is 6.26. The van der Waals surface area contributed by atoms with Gasteiger partial charge in [-0.05, 0) is 44.5 Å². The Hall–Kier alpha value is -1.62. The number of anilines is 1. The van der Waals surface area contributed by atoms with Crippen molar-refractivity contribution in [1.29, 1.82) is 0 Å². The molecule has 0 saturated carbocycles. The number of carbonyl (C=O) groups excluding carboxylic acids is 1. The van der Waals surface area contributed by atoms with Crippen LogP contribution < -0.4 is 10.6 Å². The summed E-state index contributed by atoms with van der Waals surface area (Å²) in [5, 5.41) is 0. The predicted molar refractivity (Wildman–Crippen MR) is 73.5 cm³/mol. The SMILES string of the molecule is CCN(CCC(C)(N)C(=O)OC)c1ccc(F)cc1. The molecule has 1 rings (SSSR count). The number of halogens is 1. The number of rotatable bonds is 6. The van der Waals surface area contributed by atoms with Gasteiger partial charge in [-0.25, -0.2) is 4.39 Å². The van der Waals surface area contributed by atoms with E-state index in [1.54, 1.807) is 19.1 Å². The lowest BCUT2D eigenvalue weighted by Crippen LogP contribution is -2.48. The Labute approximate surface area is 113 Å². The minimum Gasteiger partial charge on any atom is -0.468 e. The van der Waals surface area contributed by atoms with E-state index in [2.05, 4.69) is 4.74 Å². The van der Waals surface area contributed by atoms with Gasteiger partial charge in [0.1, 0.15) is 11.4 Å². The van der Waals surface area contributed by atoms with Crippen LogP contribution in [0.1, 0.15) is 20.3 Å². The van der Waals surface area contributed by atoms with Gasteiger partial charge in [0.15, 0.2) is 0 Å². The number of ether oxygens (including phenoxy) is 1. The van der Waals surface area contributed by atoms with E-state index < -0.39 is 11.5 Å². The van der Waals surface area contributed by atoms with E-state index >= 15 is 0 Å². The van der Waals surface area contributed by atoms with Crippen molar-refractivity contribution >= 4 is 11.7 Å². The Balaban J connectivity index is 2.68. The molecule has 1 atom stereocenters. The van der Waals surface area contributed by atoms with Crippen LogP contribution >= 0.6 is 0 Å². The molecule has 0 fully saturated rings. The second-order valence-electron chi connectivity index (χ2n) is 4.72. The number of hydrogen-bond donors (Lipinski definition) is 1. The molecular weight excluding hydrogens is 247 g/mol. The van der Waals surface area contributed by atoms with Crippen LogP contribution in [0.3, 0.4) is 0 Å². The van der Waals surface area contributed by atoms with Crippen molar-refractivity contribution < 1.29 is 13.9 Å². The minimum absolute atomic E-state index is 0.266. The van der Waals surface area contributed by atoms with E-state index in [0.717, 1.165) is 12.2 Å². The second kappa shape index (κ2) is 6.52. The monoisotopic (exact) mass is 268 g/mol. The maximum absolute atomic E-state index is 12.9. The molecule has 0 amide bonds. The van der Waals surface area contributed by atoms with Crippen molar-refractivity contribution in [3.63, 3.8) is 0 Å². The third-order valence-corrected chi connectivity index (χ3v) is 3.13. The normalized spacial score (nSPS) is 13.7. The Morgan fingerprint density at radius 2 is 2.00 bits per heavy atom. The Morgan fingerprint density at radius 1 is 1.42 bits per heavy atom. The predicted octanol–water partition coefficient (Wildman–Crippen LogP) is 1.93. The molecule has 19 heavy (non-hydrogen) atoms. The summed E-state index contributed by atoms with van der Waals surface area (Å²) in [6.45, 7) is 5.00. The zero-order valence-corrected chi connectivity index (χ0v) is 11.6. The number of esters is 1. The van der Waals surface area contributed by atoms with Crippen LogP contribution in [0.25, 0.3) is 0 Å². The van der Waals surface area contributed by atoms with E-state index in [1.165, 1.54) is 19.2 Å². The molecule has 0 aliphatic rings. The highest BCUT2D eigenvalue weighted by molar-refractivity contribution is 5.79. The largest absolute Gasteiger partial charge is 0.468 e. The summed E-state index contributed by atoms with van der Waals surface area (Å²) < 4.78 is 17.6. The Kier molecular flexibility index (Phi) is 5.30. The minimum atomic E-state index is -1.01. The summed E-state index contributed by atoms with van der Waals surface area (Å²) in [7, 11) is 1.32. The zero-order valence-electron chi connectivity index (χ0n) is 11.6. The van der Waals surface area contributed by atoms with E-state index in [0.29, 0.717) is 13.0 Å². The van der Waals surface area contributed by atoms with Gasteiger partial charge in [0.25, 0.3) is 0 Å². The first-order valence-electron chi connectivity index (χ1n) is 6.28. The fraction of sp³-hybridized carbons (Fsp3) is 0.500. The standard InChI is InChI=1S/C14H21FN2O2/c1-4-17(12-7-5-11(15)6-8-12)10-9-14(2,16)13(18)19-3/h5-8H,4,9-10,16H2,1-3H3. The molecule has 0 aliphatic carbocycles. The highest BCUT2D eigenvalue weighted by Gasteiger charge is 2.29. The van der Waals surface area contributed by atoms with Gasteiger partial charge in [0, 0.05) is 18.8 Å². The van der Waals surface area contributed by atoms with Gasteiger partial charge in [-0.1, -0.05) is 0 Å². The number of hydrogen-bond acceptors (Lipinski definition) is 4. The highest BCUT2D eigenvalue weighted by atomic mass is 19.1. The molecule has 0 heterocycles. The average molecular weight is 268 g/mol. The van der Waals surface area contributed by atoms with Gasteiger partial charge < -0.3 is 15.4 Å². The molecule has 4 nitrogen and oxygen atoms in total. The van der Waals surface area contributed by atoms with Crippen LogP contribution in [0, 0.1) is 5.82 Å². The summed E-state index contributed by atoms with van der Waals surface area (Å²) in [5.41, 5.74) is 5.81. The van der Waals surface area contributed by atoms with Crippen molar-refractivity contribution in [1.82, 2.24) is 0 Å². The number of nitrogens with two attached hydrogens (primary N) is 1. The van der Waals surface area contributed by atoms with Gasteiger partial charge in [0.2, 0.25) is 0 Å². The molecule has 1 aromatic rings. The van der Waals surface area contributed by atoms with E-state index in [1.807, 2.05) is 11.8 Å². The van der Waals surface area contributed by atoms with Crippen LogP contribution in [-0.4, -0.2) is 31.7 Å². The lowest BCUT2D eigenvalue weighted by molar-refractivity contribution is -0.146. The van der Waals surface area contributed by atoms with Gasteiger partial charge in [-0.15, -0.1) is 0 Å². The van der Waals surface area contributed by atoms with E-state index in [4.69, 9.17) is 5.73 Å². The maximum Gasteiger partial charge on any atom is 0.325 e. The number of carbonyl (C=O) groups is 1. The zero-order chi connectivity index (χ0) is 14.5. The third kappa shape index (κ3) is 4.21. The molecule has 5 heteroatoms. The van der Waals surface area contributed by atoms with Gasteiger partial charge in [-0.2, -0.15) is 0 Å². The number of benzene rings is 1. The number of nitrogens with zero attached hydrogens (tertiary/aromatic N) is 1. The van der Waals surface area contributed by atoms with Crippen molar-refractivity contribution in [3.05, 3.63) is 30.1 Å². The summed E-state index contributed by atoms with van der Waals surface area (Å²) in [6.07, 6.45) is 0.463. The first-order valence-corrected chi connectivity index (χ1v) is 6.28. The van der Waals surface area contributed by atoms with Gasteiger partial charge in [0.05, 0.1) is 7.11 Å². The van der Waals surface area contributed by atoms with Crippen LogP contribution in [-0.2, 0) is 9.53 Å². The second-order valence-corrected chi connectivity index (χ2v) is 4.72. The highest BCUT2D eigenvalue weighted by Crippen LogP contribution is 2.17. The Morgan fingerprint density at radius 3 is 2.47 bits per heavy atom. The third-order valence-electron chi connectivity index (χ3n) is 3.13. The lowest BCUT2D eigenvalue weighted by atomic mass is 9.99. The lowest BCUT2D eigenvalue weighted by Gasteiger charge is -2.28. The molecule has 0 bridgehead atoms. The summed E-state index contributed by atoms with van der Waals surface area (Å²) in [4.78, 5) is 13.5. The van der Waals surface area contributed by atoms with Crippen molar-refractivity contribution in [2.75, 3.05) is 25.1 Å². The quantitative estimate of drug-likeness (QED) is 0.801. The fourth-order valence-corrected chi connectivity index (χ4v) is 1.82. The molecule has 0 aromatic heterocycles. The van der Waals surface area contributed by atoms with E-state index in [-0.39, 0.29) is 5.82 Å². The van der Waals surface area contributed by atoms with Crippen molar-refractivity contribution in [2.45, 2.75) is 25.8 Å². The Bertz CT molecular complexity index is 418. The van der Waals surface area contributed by atoms with Crippen molar-refractivity contribution in [3.8, 4) is 0 Å². The fourth-order valence-electron chi connectivity index (χ4n) is 1.82. The van der Waals surface area contributed by atoms with E-state index in [9.17, 15) is 9.18 Å². The first-order chi connectivity index (χ1) is 8.90. The maximum atomic E-state index is 12.9. The van der Waals surface area contributed by atoms with Crippen LogP contribution in [0.15, 0.2) is 24.3 Å². The molecule has 1 aromatic carbocycles. The topological polar surface area (TPSA) is 55.6 Å². The van der Waals surface area contributed by atoms with Crippen LogP contribution in [0.2, 0.25) is 0 Å². The van der Waals surface area contributed by atoms with Gasteiger partial charge >= 0.3 is 5.97 Å². The first kappa shape index (κ1) is 15.4. The van der Waals surface area contributed by atoms with Crippen LogP contribution in [0.5, 0.6) is 0 Å². The molecule has 0 saturated heterocycles. The van der Waals surface area contributed by atoms with Gasteiger partial charge in [-0.3, -0.25) is 4.79 Å².